The van der Waals surface area contributed by atoms with Gasteiger partial charge in [-0.2, -0.15) is 11.3 Å². The van der Waals surface area contributed by atoms with Gasteiger partial charge in [-0.3, -0.25) is 0 Å². The van der Waals surface area contributed by atoms with Crippen LogP contribution in [0, 0.1) is 0 Å². The summed E-state index contributed by atoms with van der Waals surface area (Å²) in [5.74, 6) is 0.419. The smallest absolute Gasteiger partial charge is 0.158 e. The number of hydrogen-bond donors (Lipinski definition) is 0. The molecule has 12 heavy (non-hydrogen) atoms. The lowest BCUT2D eigenvalue weighted by Crippen LogP contribution is -2.02. The summed E-state index contributed by atoms with van der Waals surface area (Å²) in [6, 6.07) is 1.96. The van der Waals surface area contributed by atoms with Crippen molar-refractivity contribution in [1.29, 1.82) is 0 Å². The molecule has 0 radical (unpaired) electrons. The van der Waals surface area contributed by atoms with Gasteiger partial charge in [0.25, 0.3) is 0 Å². The van der Waals surface area contributed by atoms with E-state index in [-0.39, 0.29) is 11.5 Å². The van der Waals surface area contributed by atoms with Crippen LogP contribution in [-0.2, 0) is 9.84 Å². The van der Waals surface area contributed by atoms with E-state index >= 15 is 0 Å². The molecular weight excluding hydrogens is 192 g/mol. The zero-order chi connectivity index (χ0) is 8.60. The lowest BCUT2D eigenvalue weighted by molar-refractivity contribution is 0.603. The summed E-state index contributed by atoms with van der Waals surface area (Å²) >= 11 is 1.59. The fourth-order valence-corrected chi connectivity index (χ4v) is 3.24. The van der Waals surface area contributed by atoms with Crippen LogP contribution >= 0.6 is 11.3 Å². The van der Waals surface area contributed by atoms with Crippen LogP contribution in [0.1, 0.15) is 5.56 Å². The monoisotopic (exact) mass is 200 g/mol. The second-order valence-electron chi connectivity index (χ2n) is 2.80. The standard InChI is InChI=1S/C8H8O2S2/c9-12(10)4-2-8(6-12)7-1-3-11-5-7/h1-3,5H,4,6H2. The summed E-state index contributed by atoms with van der Waals surface area (Å²) in [4.78, 5) is 0. The molecule has 0 fully saturated rings. The van der Waals surface area contributed by atoms with Crippen molar-refractivity contribution in [2.75, 3.05) is 11.5 Å². The van der Waals surface area contributed by atoms with E-state index in [1.807, 2.05) is 16.8 Å². The SMILES string of the molecule is O=S1(=O)CC=C(c2ccsc2)C1. The van der Waals surface area contributed by atoms with Gasteiger partial charge >= 0.3 is 0 Å². The van der Waals surface area contributed by atoms with Crippen LogP contribution in [0.4, 0.5) is 0 Å². The minimum atomic E-state index is -2.81. The molecule has 1 aromatic heterocycles. The van der Waals surface area contributed by atoms with Crippen LogP contribution in [0.2, 0.25) is 0 Å². The van der Waals surface area contributed by atoms with E-state index in [1.54, 1.807) is 17.4 Å². The Bertz CT molecular complexity index is 398. The van der Waals surface area contributed by atoms with Crippen molar-refractivity contribution >= 4 is 26.7 Å². The summed E-state index contributed by atoms with van der Waals surface area (Å²) in [6.45, 7) is 0. The number of hydrogen-bond acceptors (Lipinski definition) is 3. The van der Waals surface area contributed by atoms with Crippen LogP contribution in [0.5, 0.6) is 0 Å². The average molecular weight is 200 g/mol. The second kappa shape index (κ2) is 2.71. The first-order valence-corrected chi connectivity index (χ1v) is 6.36. The van der Waals surface area contributed by atoms with Crippen molar-refractivity contribution in [3.05, 3.63) is 28.5 Å². The van der Waals surface area contributed by atoms with Gasteiger partial charge in [0.2, 0.25) is 0 Å². The highest BCUT2D eigenvalue weighted by Gasteiger charge is 2.20. The van der Waals surface area contributed by atoms with E-state index in [1.165, 1.54) is 0 Å². The van der Waals surface area contributed by atoms with Gasteiger partial charge in [-0.1, -0.05) is 6.08 Å². The van der Waals surface area contributed by atoms with Gasteiger partial charge in [0.05, 0.1) is 11.5 Å². The lowest BCUT2D eigenvalue weighted by atomic mass is 10.2. The molecule has 0 aromatic carbocycles. The first kappa shape index (κ1) is 8.01. The predicted molar refractivity (Wildman–Crippen MR) is 50.9 cm³/mol. The van der Waals surface area contributed by atoms with E-state index in [2.05, 4.69) is 0 Å². The molecule has 0 saturated heterocycles. The first-order valence-electron chi connectivity index (χ1n) is 3.59. The predicted octanol–water partition coefficient (Wildman–Crippen LogP) is 1.56. The molecular formula is C8H8O2S2. The highest BCUT2D eigenvalue weighted by molar-refractivity contribution is 7.92. The van der Waals surface area contributed by atoms with Gasteiger partial charge in [-0.25, -0.2) is 8.42 Å². The normalized spacial score (nSPS) is 20.8. The zero-order valence-corrected chi connectivity index (χ0v) is 7.99. The van der Waals surface area contributed by atoms with Gasteiger partial charge in [0.15, 0.2) is 9.84 Å². The average Bonchev–Trinajstić information content (AvgIpc) is 2.55. The maximum Gasteiger partial charge on any atom is 0.158 e. The Kier molecular flexibility index (Phi) is 1.81. The highest BCUT2D eigenvalue weighted by atomic mass is 32.2. The van der Waals surface area contributed by atoms with E-state index in [0.29, 0.717) is 0 Å². The van der Waals surface area contributed by atoms with Crippen molar-refractivity contribution in [3.8, 4) is 0 Å². The van der Waals surface area contributed by atoms with Crippen molar-refractivity contribution in [2.24, 2.45) is 0 Å². The number of sulfone groups is 1. The van der Waals surface area contributed by atoms with Gasteiger partial charge in [0, 0.05) is 0 Å². The first-order chi connectivity index (χ1) is 5.67. The Labute approximate surface area is 75.5 Å². The van der Waals surface area contributed by atoms with Crippen LogP contribution in [0.25, 0.3) is 5.57 Å². The zero-order valence-electron chi connectivity index (χ0n) is 6.36. The molecule has 2 heterocycles. The Morgan fingerprint density at radius 2 is 2.25 bits per heavy atom. The second-order valence-corrected chi connectivity index (χ2v) is 5.69. The highest BCUT2D eigenvalue weighted by Crippen LogP contribution is 2.23. The molecule has 0 spiro atoms. The summed E-state index contributed by atoms with van der Waals surface area (Å²) in [7, 11) is -2.81. The molecule has 1 aliphatic rings. The van der Waals surface area contributed by atoms with Crippen LogP contribution in [-0.4, -0.2) is 19.9 Å². The summed E-state index contributed by atoms with van der Waals surface area (Å²) in [5.41, 5.74) is 2.01. The Morgan fingerprint density at radius 1 is 1.42 bits per heavy atom. The molecule has 64 valence electrons. The molecule has 0 aliphatic carbocycles. The van der Waals surface area contributed by atoms with Gasteiger partial charge < -0.3 is 0 Å². The van der Waals surface area contributed by atoms with E-state index in [9.17, 15) is 8.42 Å². The lowest BCUT2D eigenvalue weighted by Gasteiger charge is -1.94. The van der Waals surface area contributed by atoms with Crippen LogP contribution < -0.4 is 0 Å². The maximum atomic E-state index is 11.1. The molecule has 0 saturated carbocycles. The molecule has 1 aromatic rings. The van der Waals surface area contributed by atoms with E-state index in [0.717, 1.165) is 11.1 Å². The Balaban J connectivity index is 2.31. The Morgan fingerprint density at radius 3 is 2.75 bits per heavy atom. The van der Waals surface area contributed by atoms with Crippen molar-refractivity contribution in [1.82, 2.24) is 0 Å². The fourth-order valence-electron chi connectivity index (χ4n) is 1.23. The largest absolute Gasteiger partial charge is 0.228 e. The maximum absolute atomic E-state index is 11.1. The van der Waals surface area contributed by atoms with Crippen LogP contribution in [0.15, 0.2) is 22.9 Å². The summed E-state index contributed by atoms with van der Waals surface area (Å²) < 4.78 is 22.2. The third-order valence-electron chi connectivity index (χ3n) is 1.85. The van der Waals surface area contributed by atoms with Crippen molar-refractivity contribution in [2.45, 2.75) is 0 Å². The molecule has 0 atom stereocenters. The molecule has 0 N–H and O–H groups in total. The van der Waals surface area contributed by atoms with Gasteiger partial charge in [0.1, 0.15) is 0 Å². The van der Waals surface area contributed by atoms with E-state index < -0.39 is 9.84 Å². The third-order valence-corrected chi connectivity index (χ3v) is 3.96. The molecule has 0 bridgehead atoms. The van der Waals surface area contributed by atoms with E-state index in [4.69, 9.17) is 0 Å². The fraction of sp³-hybridized carbons (Fsp3) is 0.250. The molecule has 4 heteroatoms. The third kappa shape index (κ3) is 1.44. The molecule has 2 nitrogen and oxygen atoms in total. The van der Waals surface area contributed by atoms with Crippen molar-refractivity contribution < 1.29 is 8.42 Å². The summed E-state index contributed by atoms with van der Waals surface area (Å²) in [6.07, 6.45) is 1.80. The molecule has 1 aliphatic heterocycles. The Hall–Kier alpha value is -0.610. The quantitative estimate of drug-likeness (QED) is 0.689. The molecule has 0 unspecified atom stereocenters. The minimum Gasteiger partial charge on any atom is -0.228 e. The molecule has 2 rings (SSSR count). The minimum absolute atomic E-state index is 0.207. The van der Waals surface area contributed by atoms with Gasteiger partial charge in [-0.05, 0) is 28.0 Å². The van der Waals surface area contributed by atoms with Crippen LogP contribution in [0.3, 0.4) is 0 Å². The summed E-state index contributed by atoms with van der Waals surface area (Å²) in [5, 5.41) is 3.94. The number of rotatable bonds is 1. The topological polar surface area (TPSA) is 34.1 Å². The van der Waals surface area contributed by atoms with Crippen molar-refractivity contribution in [3.63, 3.8) is 0 Å². The molecule has 0 amide bonds. The van der Waals surface area contributed by atoms with Gasteiger partial charge in [-0.15, -0.1) is 0 Å². The number of thiophene rings is 1.